The van der Waals surface area contributed by atoms with E-state index >= 15 is 0 Å². The van der Waals surface area contributed by atoms with Crippen LogP contribution >= 0.6 is 22.6 Å². The molecule has 3 aromatic rings. The summed E-state index contributed by atoms with van der Waals surface area (Å²) in [5, 5.41) is 6.02. The third-order valence-corrected chi connectivity index (χ3v) is 7.04. The topological polar surface area (TPSA) is 27.1 Å². The van der Waals surface area contributed by atoms with Crippen molar-refractivity contribution in [2.24, 2.45) is 0 Å². The monoisotopic (exact) mass is 476 g/mol. The number of fused-ring (bicyclic) bond motifs is 1. The van der Waals surface area contributed by atoms with Gasteiger partial charge in [-0.05, 0) is 52.4 Å². The SMILES string of the molecule is C=Cc1cc(-c2nn(COCC[Si](C)(C)C)c3ccccc23)ccc1I. The summed E-state index contributed by atoms with van der Waals surface area (Å²) in [5.41, 5.74) is 4.34. The first-order valence-electron chi connectivity index (χ1n) is 8.85. The Balaban J connectivity index is 1.91. The number of halogens is 1. The van der Waals surface area contributed by atoms with Gasteiger partial charge in [0.15, 0.2) is 0 Å². The van der Waals surface area contributed by atoms with Crippen LogP contribution in [0.2, 0.25) is 25.7 Å². The van der Waals surface area contributed by atoms with Crippen LogP contribution in [0, 0.1) is 3.57 Å². The minimum Gasteiger partial charge on any atom is -0.360 e. The fourth-order valence-corrected chi connectivity index (χ4v) is 4.13. The summed E-state index contributed by atoms with van der Waals surface area (Å²) in [6.07, 6.45) is 1.89. The van der Waals surface area contributed by atoms with Gasteiger partial charge in [0.2, 0.25) is 0 Å². The average molecular weight is 476 g/mol. The maximum atomic E-state index is 5.93. The first-order valence-corrected chi connectivity index (χ1v) is 13.6. The van der Waals surface area contributed by atoms with Crippen molar-refractivity contribution in [1.82, 2.24) is 9.78 Å². The van der Waals surface area contributed by atoms with E-state index < -0.39 is 8.07 Å². The van der Waals surface area contributed by atoms with Crippen LogP contribution in [0.3, 0.4) is 0 Å². The van der Waals surface area contributed by atoms with Gasteiger partial charge in [0.05, 0.1) is 5.52 Å². The second kappa shape index (κ2) is 8.06. The fourth-order valence-electron chi connectivity index (χ4n) is 2.82. The second-order valence-corrected chi connectivity index (χ2v) is 14.4. The Labute approximate surface area is 170 Å². The Kier molecular flexibility index (Phi) is 5.99. The number of hydrogen-bond donors (Lipinski definition) is 0. The standard InChI is InChI=1S/C21H25IN2OSi/c1-5-16-14-17(10-11-19(16)22)21-18-8-6-7-9-20(18)24(23-21)15-25-12-13-26(2,3)4/h5-11,14H,1,12-13,15H2,2-4H3. The zero-order chi connectivity index (χ0) is 18.7. The molecule has 0 aliphatic carbocycles. The first kappa shape index (κ1) is 19.3. The third kappa shape index (κ3) is 4.45. The Morgan fingerprint density at radius 1 is 1.19 bits per heavy atom. The van der Waals surface area contributed by atoms with Gasteiger partial charge in [-0.2, -0.15) is 5.10 Å². The number of aromatic nitrogens is 2. The van der Waals surface area contributed by atoms with Crippen LogP contribution in [0.1, 0.15) is 5.56 Å². The predicted molar refractivity (Wildman–Crippen MR) is 122 cm³/mol. The van der Waals surface area contributed by atoms with Crippen LogP contribution in [-0.2, 0) is 11.5 Å². The Bertz CT molecular complexity index is 927. The molecule has 0 aliphatic heterocycles. The van der Waals surface area contributed by atoms with E-state index in [-0.39, 0.29) is 0 Å². The summed E-state index contributed by atoms with van der Waals surface area (Å²) in [6, 6.07) is 15.9. The number of para-hydroxylation sites is 1. The van der Waals surface area contributed by atoms with Crippen molar-refractivity contribution in [2.45, 2.75) is 32.4 Å². The molecule has 0 bridgehead atoms. The summed E-state index contributed by atoms with van der Waals surface area (Å²) in [5.74, 6) is 0. The van der Waals surface area contributed by atoms with E-state index in [1.807, 2.05) is 10.8 Å². The lowest BCUT2D eigenvalue weighted by molar-refractivity contribution is 0.0818. The van der Waals surface area contributed by atoms with E-state index in [1.54, 1.807) is 0 Å². The fraction of sp³-hybridized carbons (Fsp3) is 0.286. The number of ether oxygens (including phenoxy) is 1. The van der Waals surface area contributed by atoms with Gasteiger partial charge in [-0.15, -0.1) is 0 Å². The molecule has 0 aliphatic rings. The van der Waals surface area contributed by atoms with Crippen LogP contribution in [0.4, 0.5) is 0 Å². The molecule has 0 saturated carbocycles. The molecule has 5 heteroatoms. The normalized spacial score (nSPS) is 11.8. The van der Waals surface area contributed by atoms with Crippen molar-refractivity contribution in [3.63, 3.8) is 0 Å². The van der Waals surface area contributed by atoms with Crippen LogP contribution in [-0.4, -0.2) is 24.5 Å². The molecule has 0 N–H and O–H groups in total. The largest absolute Gasteiger partial charge is 0.360 e. The predicted octanol–water partition coefficient (Wildman–Crippen LogP) is 6.26. The molecular formula is C21H25IN2OSi. The van der Waals surface area contributed by atoms with Gasteiger partial charge in [0.25, 0.3) is 0 Å². The lowest BCUT2D eigenvalue weighted by Gasteiger charge is -2.15. The smallest absolute Gasteiger partial charge is 0.140 e. The molecule has 0 spiro atoms. The van der Waals surface area contributed by atoms with Gasteiger partial charge in [-0.1, -0.05) is 56.6 Å². The van der Waals surface area contributed by atoms with Crippen molar-refractivity contribution in [2.75, 3.05) is 6.61 Å². The maximum absolute atomic E-state index is 5.93. The second-order valence-electron chi connectivity index (χ2n) is 7.65. The van der Waals surface area contributed by atoms with Gasteiger partial charge in [0.1, 0.15) is 12.4 Å². The van der Waals surface area contributed by atoms with Crippen molar-refractivity contribution >= 4 is 47.6 Å². The highest BCUT2D eigenvalue weighted by atomic mass is 127. The van der Waals surface area contributed by atoms with E-state index in [2.05, 4.69) is 91.3 Å². The van der Waals surface area contributed by atoms with E-state index in [0.717, 1.165) is 34.3 Å². The third-order valence-electron chi connectivity index (χ3n) is 4.36. The number of benzene rings is 2. The zero-order valence-electron chi connectivity index (χ0n) is 15.6. The summed E-state index contributed by atoms with van der Waals surface area (Å²) in [6.45, 7) is 12.3. The number of nitrogens with zero attached hydrogens (tertiary/aromatic N) is 2. The molecule has 0 unspecified atom stereocenters. The molecule has 2 aromatic carbocycles. The molecule has 0 fully saturated rings. The molecular weight excluding hydrogens is 451 g/mol. The van der Waals surface area contributed by atoms with Crippen molar-refractivity contribution < 1.29 is 4.74 Å². The molecule has 0 saturated heterocycles. The highest BCUT2D eigenvalue weighted by Crippen LogP contribution is 2.30. The number of rotatable bonds is 7. The van der Waals surface area contributed by atoms with Crippen molar-refractivity contribution in [3.8, 4) is 11.3 Å². The average Bonchev–Trinajstić information content (AvgIpc) is 2.97. The summed E-state index contributed by atoms with van der Waals surface area (Å²) in [4.78, 5) is 0. The highest BCUT2D eigenvalue weighted by molar-refractivity contribution is 14.1. The van der Waals surface area contributed by atoms with Gasteiger partial charge < -0.3 is 4.74 Å². The van der Waals surface area contributed by atoms with Crippen LogP contribution in [0.25, 0.3) is 28.2 Å². The molecule has 0 atom stereocenters. The Hall–Kier alpha value is -1.44. The van der Waals surface area contributed by atoms with E-state index in [1.165, 1.54) is 9.61 Å². The molecule has 1 heterocycles. The van der Waals surface area contributed by atoms with E-state index in [4.69, 9.17) is 9.84 Å². The number of hydrogen-bond acceptors (Lipinski definition) is 2. The molecule has 0 amide bonds. The van der Waals surface area contributed by atoms with Gasteiger partial charge in [-0.25, -0.2) is 4.68 Å². The minimum absolute atomic E-state index is 0.490. The molecule has 26 heavy (non-hydrogen) atoms. The van der Waals surface area contributed by atoms with Crippen LogP contribution < -0.4 is 0 Å². The lowest BCUT2D eigenvalue weighted by atomic mass is 10.1. The summed E-state index contributed by atoms with van der Waals surface area (Å²) >= 11 is 2.33. The maximum Gasteiger partial charge on any atom is 0.140 e. The molecule has 3 nitrogen and oxygen atoms in total. The summed E-state index contributed by atoms with van der Waals surface area (Å²) in [7, 11) is -1.08. The molecule has 1 aromatic heterocycles. The quantitative estimate of drug-likeness (QED) is 0.229. The molecule has 3 rings (SSSR count). The van der Waals surface area contributed by atoms with Gasteiger partial charge >= 0.3 is 0 Å². The summed E-state index contributed by atoms with van der Waals surface area (Å²) < 4.78 is 9.10. The van der Waals surface area contributed by atoms with Crippen LogP contribution in [0.15, 0.2) is 49.0 Å². The lowest BCUT2D eigenvalue weighted by Crippen LogP contribution is -2.22. The van der Waals surface area contributed by atoms with E-state index in [9.17, 15) is 0 Å². The Morgan fingerprint density at radius 2 is 1.96 bits per heavy atom. The van der Waals surface area contributed by atoms with Crippen molar-refractivity contribution in [1.29, 1.82) is 0 Å². The zero-order valence-corrected chi connectivity index (χ0v) is 18.8. The van der Waals surface area contributed by atoms with Gasteiger partial charge in [-0.3, -0.25) is 0 Å². The van der Waals surface area contributed by atoms with Crippen molar-refractivity contribution in [3.05, 3.63) is 58.2 Å². The highest BCUT2D eigenvalue weighted by Gasteiger charge is 2.15. The van der Waals surface area contributed by atoms with Crippen LogP contribution in [0.5, 0.6) is 0 Å². The van der Waals surface area contributed by atoms with Gasteiger partial charge in [0, 0.05) is 29.2 Å². The minimum atomic E-state index is -1.08. The Morgan fingerprint density at radius 3 is 2.69 bits per heavy atom. The van der Waals surface area contributed by atoms with E-state index in [0.29, 0.717) is 6.73 Å². The molecule has 136 valence electrons. The molecule has 0 radical (unpaired) electrons. The first-order chi connectivity index (χ1) is 12.4.